The lowest BCUT2D eigenvalue weighted by atomic mass is 9.96. The van der Waals surface area contributed by atoms with Gasteiger partial charge < -0.3 is 19.5 Å². The average Bonchev–Trinajstić information content (AvgIpc) is 3.39. The second kappa shape index (κ2) is 9.35. The molecule has 0 radical (unpaired) electrons. The molecule has 176 valence electrons. The average molecular weight is 483 g/mol. The summed E-state index contributed by atoms with van der Waals surface area (Å²) in [4.78, 5) is 19.3. The third-order valence-corrected chi connectivity index (χ3v) is 6.79. The van der Waals surface area contributed by atoms with Crippen molar-refractivity contribution in [3.8, 4) is 5.69 Å². The van der Waals surface area contributed by atoms with Gasteiger partial charge >= 0.3 is 5.97 Å². The lowest BCUT2D eigenvalue weighted by Crippen LogP contribution is -2.29. The van der Waals surface area contributed by atoms with Gasteiger partial charge in [0.05, 0.1) is 36.1 Å². The van der Waals surface area contributed by atoms with Gasteiger partial charge in [0, 0.05) is 23.3 Å². The van der Waals surface area contributed by atoms with E-state index in [1.165, 1.54) is 7.11 Å². The molecule has 1 fully saturated rings. The maximum atomic E-state index is 12.5. The van der Waals surface area contributed by atoms with Gasteiger partial charge in [0.2, 0.25) is 0 Å². The molecule has 3 heterocycles. The van der Waals surface area contributed by atoms with Crippen LogP contribution in [0.3, 0.4) is 0 Å². The number of benzene rings is 2. The van der Waals surface area contributed by atoms with E-state index in [1.807, 2.05) is 61.5 Å². The van der Waals surface area contributed by atoms with Gasteiger partial charge in [-0.2, -0.15) is 0 Å². The van der Waals surface area contributed by atoms with Crippen LogP contribution < -0.4 is 10.2 Å². The lowest BCUT2D eigenvalue weighted by molar-refractivity contribution is 0.0600. The lowest BCUT2D eigenvalue weighted by Gasteiger charge is -2.28. The van der Waals surface area contributed by atoms with Crippen LogP contribution in [0.25, 0.3) is 5.69 Å². The van der Waals surface area contributed by atoms with Gasteiger partial charge in [-0.1, -0.05) is 36.4 Å². The Hall–Kier alpha value is -3.97. The van der Waals surface area contributed by atoms with Crippen LogP contribution in [0.5, 0.6) is 0 Å². The van der Waals surface area contributed by atoms with E-state index in [0.29, 0.717) is 10.7 Å². The topological polar surface area (TPSA) is 59.4 Å². The van der Waals surface area contributed by atoms with Gasteiger partial charge in [-0.3, -0.25) is 4.98 Å². The van der Waals surface area contributed by atoms with Gasteiger partial charge in [0.25, 0.3) is 0 Å². The normalized spacial score (nSPS) is 17.3. The molecule has 7 heteroatoms. The van der Waals surface area contributed by atoms with E-state index in [0.717, 1.165) is 34.0 Å². The molecule has 2 aromatic carbocycles. The maximum Gasteiger partial charge on any atom is 0.339 e. The minimum atomic E-state index is -0.365. The number of para-hydroxylation sites is 2. The molecule has 1 saturated heterocycles. The van der Waals surface area contributed by atoms with Gasteiger partial charge in [-0.05, 0) is 74.1 Å². The number of carbonyl (C=O) groups is 1. The summed E-state index contributed by atoms with van der Waals surface area (Å²) in [6, 6.07) is 25.5. The molecule has 2 aromatic heterocycles. The summed E-state index contributed by atoms with van der Waals surface area (Å²) in [5.41, 5.74) is 6.37. The Kier molecular flexibility index (Phi) is 6.09. The highest BCUT2D eigenvalue weighted by Gasteiger charge is 2.42. The van der Waals surface area contributed by atoms with Crippen LogP contribution in [0.1, 0.15) is 45.1 Å². The van der Waals surface area contributed by atoms with E-state index in [4.69, 9.17) is 17.0 Å². The van der Waals surface area contributed by atoms with Crippen molar-refractivity contribution in [3.05, 3.63) is 113 Å². The molecule has 1 N–H and O–H groups in total. The summed E-state index contributed by atoms with van der Waals surface area (Å²) in [5.74, 6) is -0.365. The number of anilines is 1. The highest BCUT2D eigenvalue weighted by atomic mass is 32.1. The third kappa shape index (κ3) is 3.98. The van der Waals surface area contributed by atoms with E-state index < -0.39 is 0 Å². The molecule has 4 aromatic rings. The second-order valence-electron chi connectivity index (χ2n) is 8.50. The van der Waals surface area contributed by atoms with Gasteiger partial charge in [0.15, 0.2) is 5.11 Å². The SMILES string of the molecule is COC(=O)c1ccccc1-n1c(C)cc([C@H]2[C@@H](c3ccccn3)NC(=S)N2c2ccccc2)c1C. The number of pyridine rings is 1. The number of carbonyl (C=O) groups excluding carboxylic acids is 1. The number of aromatic nitrogens is 2. The molecule has 0 saturated carbocycles. The third-order valence-electron chi connectivity index (χ3n) is 6.47. The van der Waals surface area contributed by atoms with E-state index in [-0.39, 0.29) is 18.1 Å². The quantitative estimate of drug-likeness (QED) is 0.301. The molecule has 0 amide bonds. The van der Waals surface area contributed by atoms with Crippen molar-refractivity contribution in [1.82, 2.24) is 14.9 Å². The number of nitrogens with one attached hydrogen (secondary N) is 1. The first kappa shape index (κ1) is 22.8. The molecular weight excluding hydrogens is 456 g/mol. The summed E-state index contributed by atoms with van der Waals surface area (Å²) in [5, 5.41) is 4.16. The number of aryl methyl sites for hydroxylation is 1. The molecule has 0 bridgehead atoms. The monoisotopic (exact) mass is 482 g/mol. The Balaban J connectivity index is 1.69. The Morgan fingerprint density at radius 1 is 1.00 bits per heavy atom. The molecule has 6 nitrogen and oxygen atoms in total. The fourth-order valence-corrected chi connectivity index (χ4v) is 5.29. The number of ether oxygens (including phenoxy) is 1. The molecule has 5 rings (SSSR count). The zero-order chi connectivity index (χ0) is 24.5. The first-order valence-electron chi connectivity index (χ1n) is 11.4. The number of hydrogen-bond donors (Lipinski definition) is 1. The summed E-state index contributed by atoms with van der Waals surface area (Å²) in [7, 11) is 1.40. The smallest absolute Gasteiger partial charge is 0.339 e. The predicted molar refractivity (Wildman–Crippen MR) is 141 cm³/mol. The Bertz CT molecular complexity index is 1380. The summed E-state index contributed by atoms with van der Waals surface area (Å²) >= 11 is 5.84. The van der Waals surface area contributed by atoms with E-state index in [2.05, 4.69) is 44.9 Å². The second-order valence-corrected chi connectivity index (χ2v) is 8.89. The van der Waals surface area contributed by atoms with Crippen LogP contribution in [0, 0.1) is 13.8 Å². The summed E-state index contributed by atoms with van der Waals surface area (Å²) < 4.78 is 7.17. The number of thiocarbonyl (C=S) groups is 1. The van der Waals surface area contributed by atoms with Gasteiger partial charge in [-0.25, -0.2) is 4.79 Å². The van der Waals surface area contributed by atoms with Crippen LogP contribution in [0.2, 0.25) is 0 Å². The van der Waals surface area contributed by atoms with Crippen molar-refractivity contribution in [2.45, 2.75) is 25.9 Å². The number of hydrogen-bond acceptors (Lipinski definition) is 4. The van der Waals surface area contributed by atoms with Crippen molar-refractivity contribution in [2.24, 2.45) is 0 Å². The fraction of sp³-hybridized carbons (Fsp3) is 0.179. The van der Waals surface area contributed by atoms with Gasteiger partial charge in [0.1, 0.15) is 0 Å². The van der Waals surface area contributed by atoms with E-state index >= 15 is 0 Å². The summed E-state index contributed by atoms with van der Waals surface area (Å²) in [6.45, 7) is 4.13. The van der Waals surface area contributed by atoms with E-state index in [1.54, 1.807) is 12.3 Å². The van der Waals surface area contributed by atoms with Crippen molar-refractivity contribution < 1.29 is 9.53 Å². The standard InChI is InChI=1S/C28H26N4O2S/c1-18-17-22(19(2)31(18)24-15-8-7-13-21(24)27(33)34-3)26-25(23-14-9-10-16-29-23)30-28(35)32(26)20-11-5-4-6-12-20/h4-17,25-26H,1-3H3,(H,30,35)/t25-,26+/m1/s1. The Labute approximate surface area is 210 Å². The molecule has 0 unspecified atom stereocenters. The van der Waals surface area contributed by atoms with Crippen LogP contribution in [-0.2, 0) is 4.74 Å². The van der Waals surface area contributed by atoms with Crippen molar-refractivity contribution in [3.63, 3.8) is 0 Å². The van der Waals surface area contributed by atoms with Crippen LogP contribution in [0.4, 0.5) is 5.69 Å². The van der Waals surface area contributed by atoms with Crippen molar-refractivity contribution in [2.75, 3.05) is 12.0 Å². The Morgan fingerprint density at radius 2 is 1.71 bits per heavy atom. The first-order valence-corrected chi connectivity index (χ1v) is 11.8. The fourth-order valence-electron chi connectivity index (χ4n) is 4.95. The minimum Gasteiger partial charge on any atom is -0.465 e. The highest BCUT2D eigenvalue weighted by Crippen LogP contribution is 2.43. The molecular formula is C28H26N4O2S. The van der Waals surface area contributed by atoms with Crippen molar-refractivity contribution >= 4 is 29.0 Å². The van der Waals surface area contributed by atoms with Gasteiger partial charge in [-0.15, -0.1) is 0 Å². The van der Waals surface area contributed by atoms with E-state index in [9.17, 15) is 4.79 Å². The molecule has 1 aliphatic heterocycles. The zero-order valence-corrected chi connectivity index (χ0v) is 20.6. The summed E-state index contributed by atoms with van der Waals surface area (Å²) in [6.07, 6.45) is 1.80. The molecule has 35 heavy (non-hydrogen) atoms. The highest BCUT2D eigenvalue weighted by molar-refractivity contribution is 7.80. The van der Waals surface area contributed by atoms with Crippen LogP contribution in [-0.4, -0.2) is 27.7 Å². The first-order chi connectivity index (χ1) is 17.0. The predicted octanol–water partition coefficient (Wildman–Crippen LogP) is 5.45. The molecule has 0 spiro atoms. The number of methoxy groups -OCH3 is 1. The number of nitrogens with zero attached hydrogens (tertiary/aromatic N) is 3. The molecule has 0 aliphatic carbocycles. The largest absolute Gasteiger partial charge is 0.465 e. The van der Waals surface area contributed by atoms with Crippen molar-refractivity contribution in [1.29, 1.82) is 0 Å². The number of rotatable bonds is 5. The maximum absolute atomic E-state index is 12.5. The number of esters is 1. The molecule has 1 aliphatic rings. The van der Waals surface area contributed by atoms with Crippen LogP contribution >= 0.6 is 12.2 Å². The van der Waals surface area contributed by atoms with Crippen LogP contribution in [0.15, 0.2) is 85.1 Å². The zero-order valence-electron chi connectivity index (χ0n) is 19.8. The molecule has 2 atom stereocenters. The minimum absolute atomic E-state index is 0.134. The Morgan fingerprint density at radius 3 is 2.43 bits per heavy atom.